The summed E-state index contributed by atoms with van der Waals surface area (Å²) in [7, 11) is 0. The van der Waals surface area contributed by atoms with E-state index in [0.29, 0.717) is 29.2 Å². The van der Waals surface area contributed by atoms with E-state index in [1.54, 1.807) is 48.5 Å². The van der Waals surface area contributed by atoms with Crippen LogP contribution in [0.4, 0.5) is 5.69 Å². The third kappa shape index (κ3) is 4.88. The van der Waals surface area contributed by atoms with Crippen molar-refractivity contribution >= 4 is 23.3 Å². The molecule has 0 fully saturated rings. The van der Waals surface area contributed by atoms with Crippen molar-refractivity contribution in [3.05, 3.63) is 54.1 Å². The average Bonchev–Trinajstić information content (AvgIpc) is 2.72. The lowest BCUT2D eigenvalue weighted by molar-refractivity contribution is -0.153. The van der Waals surface area contributed by atoms with Gasteiger partial charge in [0.05, 0.1) is 0 Å². The molecule has 0 saturated heterocycles. The van der Waals surface area contributed by atoms with Gasteiger partial charge in [-0.15, -0.1) is 0 Å². The summed E-state index contributed by atoms with van der Waals surface area (Å²) in [6, 6.07) is 13.4. The second-order valence-corrected chi connectivity index (χ2v) is 6.27. The van der Waals surface area contributed by atoms with Gasteiger partial charge in [-0.05, 0) is 42.8 Å². The number of Topliss-reactive ketones (excluding diaryl/α,β-unsaturated/α-hetero) is 1. The van der Waals surface area contributed by atoms with Gasteiger partial charge in [-0.3, -0.25) is 9.59 Å². The number of benzene rings is 2. The van der Waals surface area contributed by atoms with E-state index in [1.165, 1.54) is 0 Å². The molecule has 0 aromatic heterocycles. The van der Waals surface area contributed by atoms with Crippen LogP contribution in [0.15, 0.2) is 48.5 Å². The van der Waals surface area contributed by atoms with Gasteiger partial charge in [0.25, 0.3) is 0 Å². The van der Waals surface area contributed by atoms with Crippen molar-refractivity contribution in [2.24, 2.45) is 0 Å². The van der Waals surface area contributed by atoms with Crippen molar-refractivity contribution in [2.75, 3.05) is 18.5 Å². The highest BCUT2D eigenvalue weighted by Gasteiger charge is 2.29. The number of para-hydroxylation sites is 2. The summed E-state index contributed by atoms with van der Waals surface area (Å²) >= 11 is 0. The molecule has 2 aromatic rings. The Labute approximate surface area is 162 Å². The van der Waals surface area contributed by atoms with E-state index in [1.807, 2.05) is 6.92 Å². The standard InChI is InChI=1S/C21H21NO6/c1-2-5-20(24)22-15-10-8-14(9-11-15)16(23)12-27-21(25)19-13-26-17-6-3-4-7-18(17)28-19/h3-4,6-11,19H,2,5,12-13H2,1H3,(H,22,24). The van der Waals surface area contributed by atoms with Crippen LogP contribution in [0.1, 0.15) is 30.1 Å². The van der Waals surface area contributed by atoms with Gasteiger partial charge in [-0.2, -0.15) is 0 Å². The molecule has 3 rings (SSSR count). The largest absolute Gasteiger partial charge is 0.485 e. The molecule has 0 saturated carbocycles. The lowest BCUT2D eigenvalue weighted by Crippen LogP contribution is -2.38. The number of ether oxygens (including phenoxy) is 3. The molecule has 0 bridgehead atoms. The second kappa shape index (κ2) is 9.03. The molecule has 1 aliphatic rings. The molecule has 0 radical (unpaired) electrons. The molecular formula is C21H21NO6. The third-order valence-corrected chi connectivity index (χ3v) is 4.08. The molecule has 1 unspecified atom stereocenters. The van der Waals surface area contributed by atoms with Crippen molar-refractivity contribution in [2.45, 2.75) is 25.9 Å². The highest BCUT2D eigenvalue weighted by atomic mass is 16.6. The summed E-state index contributed by atoms with van der Waals surface area (Å²) in [6.45, 7) is 1.55. The van der Waals surface area contributed by atoms with Gasteiger partial charge in [0.15, 0.2) is 23.9 Å². The Morgan fingerprint density at radius 3 is 2.50 bits per heavy atom. The van der Waals surface area contributed by atoms with Gasteiger partial charge in [-0.1, -0.05) is 19.1 Å². The number of ketones is 1. The molecule has 1 heterocycles. The predicted molar refractivity (Wildman–Crippen MR) is 102 cm³/mol. The highest BCUT2D eigenvalue weighted by Crippen LogP contribution is 2.31. The molecule has 1 N–H and O–H groups in total. The van der Waals surface area contributed by atoms with E-state index in [-0.39, 0.29) is 18.3 Å². The van der Waals surface area contributed by atoms with Gasteiger partial charge >= 0.3 is 5.97 Å². The lowest BCUT2D eigenvalue weighted by atomic mass is 10.1. The number of anilines is 1. The highest BCUT2D eigenvalue weighted by molar-refractivity contribution is 5.99. The molecule has 2 aromatic carbocycles. The summed E-state index contributed by atoms with van der Waals surface area (Å²) in [5.41, 5.74) is 0.992. The molecule has 0 spiro atoms. The quantitative estimate of drug-likeness (QED) is 0.584. The van der Waals surface area contributed by atoms with Crippen LogP contribution in [0.3, 0.4) is 0 Å². The van der Waals surface area contributed by atoms with Gasteiger partial charge in [0.2, 0.25) is 12.0 Å². The first-order valence-electron chi connectivity index (χ1n) is 9.05. The first-order valence-corrected chi connectivity index (χ1v) is 9.05. The zero-order chi connectivity index (χ0) is 19.9. The Bertz CT molecular complexity index is 861. The molecule has 0 aliphatic carbocycles. The molecular weight excluding hydrogens is 362 g/mol. The zero-order valence-corrected chi connectivity index (χ0v) is 15.5. The van der Waals surface area contributed by atoms with Crippen molar-refractivity contribution in [1.82, 2.24) is 0 Å². The second-order valence-electron chi connectivity index (χ2n) is 6.27. The molecule has 1 atom stereocenters. The van der Waals surface area contributed by atoms with Gasteiger partial charge in [0, 0.05) is 17.7 Å². The van der Waals surface area contributed by atoms with Gasteiger partial charge in [0.1, 0.15) is 6.61 Å². The third-order valence-electron chi connectivity index (χ3n) is 4.08. The van der Waals surface area contributed by atoms with Crippen molar-refractivity contribution in [1.29, 1.82) is 0 Å². The molecule has 7 heteroatoms. The Hall–Kier alpha value is -3.35. The van der Waals surface area contributed by atoms with Crippen LogP contribution in [0, 0.1) is 0 Å². The minimum atomic E-state index is -0.918. The average molecular weight is 383 g/mol. The molecule has 28 heavy (non-hydrogen) atoms. The topological polar surface area (TPSA) is 90.9 Å². The number of nitrogens with one attached hydrogen (secondary N) is 1. The van der Waals surface area contributed by atoms with Crippen LogP contribution in [-0.2, 0) is 14.3 Å². The summed E-state index contributed by atoms with van der Waals surface area (Å²) in [5, 5.41) is 2.74. The normalized spacial score (nSPS) is 14.8. The SMILES string of the molecule is CCCC(=O)Nc1ccc(C(=O)COC(=O)C2COc3ccccc3O2)cc1. The maximum atomic E-state index is 12.2. The van der Waals surface area contributed by atoms with Crippen LogP contribution < -0.4 is 14.8 Å². The van der Waals surface area contributed by atoms with Crippen LogP contribution in [0.5, 0.6) is 11.5 Å². The number of hydrogen-bond donors (Lipinski definition) is 1. The van der Waals surface area contributed by atoms with E-state index in [9.17, 15) is 14.4 Å². The van der Waals surface area contributed by atoms with Crippen LogP contribution in [-0.4, -0.2) is 37.0 Å². The summed E-state index contributed by atoms with van der Waals surface area (Å²) in [5.74, 6) is -0.0634. The van der Waals surface area contributed by atoms with E-state index in [0.717, 1.165) is 6.42 Å². The lowest BCUT2D eigenvalue weighted by Gasteiger charge is -2.24. The van der Waals surface area contributed by atoms with Gasteiger partial charge < -0.3 is 19.5 Å². The zero-order valence-electron chi connectivity index (χ0n) is 15.5. The number of hydrogen-bond acceptors (Lipinski definition) is 6. The molecule has 1 amide bonds. The minimum absolute atomic E-state index is 0.0240. The number of esters is 1. The summed E-state index contributed by atoms with van der Waals surface area (Å²) in [6.07, 6.45) is 0.280. The minimum Gasteiger partial charge on any atom is -0.485 e. The van der Waals surface area contributed by atoms with Gasteiger partial charge in [-0.25, -0.2) is 4.79 Å². The Morgan fingerprint density at radius 2 is 1.79 bits per heavy atom. The first-order chi connectivity index (χ1) is 13.6. The summed E-state index contributed by atoms with van der Waals surface area (Å²) < 4.78 is 16.1. The van der Waals surface area contributed by atoms with Crippen LogP contribution >= 0.6 is 0 Å². The fourth-order valence-corrected chi connectivity index (χ4v) is 2.64. The molecule has 7 nitrogen and oxygen atoms in total. The smallest absolute Gasteiger partial charge is 0.351 e. The monoisotopic (exact) mass is 383 g/mol. The van der Waals surface area contributed by atoms with E-state index in [2.05, 4.69) is 5.32 Å². The Kier molecular flexibility index (Phi) is 6.26. The Morgan fingerprint density at radius 1 is 1.07 bits per heavy atom. The number of amides is 1. The maximum Gasteiger partial charge on any atom is 0.351 e. The predicted octanol–water partition coefficient (Wildman–Crippen LogP) is 2.99. The van der Waals surface area contributed by atoms with E-state index >= 15 is 0 Å². The van der Waals surface area contributed by atoms with E-state index in [4.69, 9.17) is 14.2 Å². The van der Waals surface area contributed by atoms with Crippen LogP contribution in [0.2, 0.25) is 0 Å². The number of fused-ring (bicyclic) bond motifs is 1. The van der Waals surface area contributed by atoms with Crippen LogP contribution in [0.25, 0.3) is 0 Å². The number of carbonyl (C=O) groups is 3. The first kappa shape index (κ1) is 19.4. The fraction of sp³-hybridized carbons (Fsp3) is 0.286. The summed E-state index contributed by atoms with van der Waals surface area (Å²) in [4.78, 5) is 36.0. The van der Waals surface area contributed by atoms with Crippen molar-refractivity contribution < 1.29 is 28.6 Å². The van der Waals surface area contributed by atoms with E-state index < -0.39 is 18.7 Å². The fourth-order valence-electron chi connectivity index (χ4n) is 2.64. The van der Waals surface area contributed by atoms with Crippen molar-refractivity contribution in [3.63, 3.8) is 0 Å². The van der Waals surface area contributed by atoms with Crippen molar-refractivity contribution in [3.8, 4) is 11.5 Å². The molecule has 146 valence electrons. The maximum absolute atomic E-state index is 12.2. The molecule has 1 aliphatic heterocycles. The number of rotatable bonds is 7. The number of carbonyl (C=O) groups excluding carboxylic acids is 3. The Balaban J connectivity index is 1.50.